The monoisotopic (exact) mass is 418 g/mol. The van der Waals surface area contributed by atoms with Crippen molar-refractivity contribution in [2.24, 2.45) is 0 Å². The lowest BCUT2D eigenvalue weighted by atomic mass is 10.0. The van der Waals surface area contributed by atoms with Crippen molar-refractivity contribution in [2.75, 3.05) is 13.7 Å². The normalized spacial score (nSPS) is 12.1. The number of hydrogen-bond acceptors (Lipinski definition) is 4. The minimum absolute atomic E-state index is 0.226. The van der Waals surface area contributed by atoms with Crippen LogP contribution in [0.4, 0.5) is 13.2 Å². The minimum Gasteiger partial charge on any atom is -0.496 e. The Balaban J connectivity index is 2.04. The van der Waals surface area contributed by atoms with Crippen molar-refractivity contribution >= 4 is 16.8 Å². The number of aliphatic hydroxyl groups is 1. The van der Waals surface area contributed by atoms with Crippen LogP contribution in [0.15, 0.2) is 48.5 Å². The maximum absolute atomic E-state index is 12.8. The van der Waals surface area contributed by atoms with Crippen molar-refractivity contribution in [1.82, 2.24) is 10.3 Å². The molecular weight excluding hydrogens is 397 g/mol. The third kappa shape index (κ3) is 4.54. The molecule has 2 N–H and O–H groups in total. The van der Waals surface area contributed by atoms with Crippen molar-refractivity contribution in [3.8, 4) is 17.0 Å². The molecular formula is C22H21F3N2O3. The number of nitrogens with zero attached hydrogens (tertiary/aromatic N) is 1. The fourth-order valence-corrected chi connectivity index (χ4v) is 2.90. The first-order chi connectivity index (χ1) is 14.0. The molecule has 0 bridgehead atoms. The summed E-state index contributed by atoms with van der Waals surface area (Å²) < 4.78 is 43.9. The maximum atomic E-state index is 12.8. The van der Waals surface area contributed by atoms with Crippen LogP contribution < -0.4 is 10.1 Å². The summed E-state index contributed by atoms with van der Waals surface area (Å²) >= 11 is 0. The zero-order chi connectivity index (χ0) is 22.1. The lowest BCUT2D eigenvalue weighted by molar-refractivity contribution is -0.137. The van der Waals surface area contributed by atoms with Crippen LogP contribution in [0.2, 0.25) is 0 Å². The van der Waals surface area contributed by atoms with Crippen LogP contribution in [0.1, 0.15) is 29.8 Å². The summed E-state index contributed by atoms with van der Waals surface area (Å²) in [5.41, 5.74) is 0.159. The van der Waals surface area contributed by atoms with Crippen LogP contribution in [0.3, 0.4) is 0 Å². The van der Waals surface area contributed by atoms with Gasteiger partial charge >= 0.3 is 6.18 Å². The number of pyridine rings is 1. The lowest BCUT2D eigenvalue weighted by Gasteiger charge is -2.23. The minimum atomic E-state index is -4.42. The highest BCUT2D eigenvalue weighted by atomic mass is 19.4. The molecule has 0 saturated heterocycles. The number of halogens is 3. The van der Waals surface area contributed by atoms with Gasteiger partial charge in [-0.25, -0.2) is 4.98 Å². The van der Waals surface area contributed by atoms with E-state index >= 15 is 0 Å². The van der Waals surface area contributed by atoms with Crippen molar-refractivity contribution in [3.05, 3.63) is 59.7 Å². The van der Waals surface area contributed by atoms with E-state index in [2.05, 4.69) is 10.3 Å². The van der Waals surface area contributed by atoms with E-state index in [1.54, 1.807) is 38.1 Å². The van der Waals surface area contributed by atoms with E-state index in [9.17, 15) is 23.1 Å². The number of methoxy groups -OCH3 is 1. The van der Waals surface area contributed by atoms with Crippen molar-refractivity contribution in [1.29, 1.82) is 0 Å². The fourth-order valence-electron chi connectivity index (χ4n) is 2.90. The molecule has 0 aliphatic rings. The number of hydrogen-bond donors (Lipinski definition) is 2. The third-order valence-corrected chi connectivity index (χ3v) is 4.61. The summed E-state index contributed by atoms with van der Waals surface area (Å²) in [6.07, 6.45) is -4.42. The van der Waals surface area contributed by atoms with Crippen molar-refractivity contribution < 1.29 is 27.8 Å². The van der Waals surface area contributed by atoms with Gasteiger partial charge in [0.05, 0.1) is 36.0 Å². The van der Waals surface area contributed by atoms with E-state index < -0.39 is 17.3 Å². The number of rotatable bonds is 5. The SMILES string of the molecule is COc1cc(-c2ccc(C(F)(F)F)cc2)nc2cc(C(=O)NC(C)(C)CO)ccc12. The lowest BCUT2D eigenvalue weighted by Crippen LogP contribution is -2.46. The molecule has 1 heterocycles. The highest BCUT2D eigenvalue weighted by Gasteiger charge is 2.30. The topological polar surface area (TPSA) is 71.5 Å². The van der Waals surface area contributed by atoms with Gasteiger partial charge in [0, 0.05) is 22.6 Å². The first-order valence-electron chi connectivity index (χ1n) is 9.14. The molecule has 158 valence electrons. The van der Waals surface area contributed by atoms with E-state index in [0.717, 1.165) is 12.1 Å². The molecule has 0 radical (unpaired) electrons. The molecule has 1 aromatic heterocycles. The first kappa shape index (κ1) is 21.6. The largest absolute Gasteiger partial charge is 0.496 e. The van der Waals surface area contributed by atoms with Crippen LogP contribution in [0.25, 0.3) is 22.2 Å². The summed E-state index contributed by atoms with van der Waals surface area (Å²) in [6, 6.07) is 11.2. The summed E-state index contributed by atoms with van der Waals surface area (Å²) in [5, 5.41) is 12.7. The average Bonchev–Trinajstić information content (AvgIpc) is 2.71. The highest BCUT2D eigenvalue weighted by molar-refractivity contribution is 5.99. The van der Waals surface area contributed by atoms with Gasteiger partial charge in [-0.05, 0) is 44.2 Å². The number of alkyl halides is 3. The van der Waals surface area contributed by atoms with Gasteiger partial charge in [-0.3, -0.25) is 4.79 Å². The van der Waals surface area contributed by atoms with E-state index in [1.807, 2.05) is 0 Å². The third-order valence-electron chi connectivity index (χ3n) is 4.61. The molecule has 30 heavy (non-hydrogen) atoms. The smallest absolute Gasteiger partial charge is 0.416 e. The van der Waals surface area contributed by atoms with Crippen molar-refractivity contribution in [3.63, 3.8) is 0 Å². The van der Waals surface area contributed by atoms with Gasteiger partial charge < -0.3 is 15.2 Å². The van der Waals surface area contributed by atoms with Crippen molar-refractivity contribution in [2.45, 2.75) is 25.6 Å². The molecule has 2 aromatic carbocycles. The molecule has 8 heteroatoms. The number of aromatic nitrogens is 1. The number of amides is 1. The van der Waals surface area contributed by atoms with Gasteiger partial charge in [0.2, 0.25) is 0 Å². The second kappa shape index (κ2) is 7.95. The zero-order valence-corrected chi connectivity index (χ0v) is 16.7. The Hall–Kier alpha value is -3.13. The van der Waals surface area contributed by atoms with E-state index in [1.165, 1.54) is 19.2 Å². The number of aliphatic hydroxyl groups excluding tert-OH is 1. The van der Waals surface area contributed by atoms with Crippen LogP contribution >= 0.6 is 0 Å². The van der Waals surface area contributed by atoms with Gasteiger partial charge in [-0.15, -0.1) is 0 Å². The summed E-state index contributed by atoms with van der Waals surface area (Å²) in [6.45, 7) is 3.16. The summed E-state index contributed by atoms with van der Waals surface area (Å²) in [4.78, 5) is 17.0. The molecule has 0 aliphatic carbocycles. The highest BCUT2D eigenvalue weighted by Crippen LogP contribution is 2.33. The Morgan fingerprint density at radius 1 is 1.10 bits per heavy atom. The second-order valence-corrected chi connectivity index (χ2v) is 7.51. The van der Waals surface area contributed by atoms with Gasteiger partial charge in [-0.1, -0.05) is 12.1 Å². The van der Waals surface area contributed by atoms with E-state index in [0.29, 0.717) is 33.5 Å². The standard InChI is InChI=1S/C22H21F3N2O3/c1-21(2,12-28)27-20(29)14-6-9-16-18(10-14)26-17(11-19(16)30-3)13-4-7-15(8-5-13)22(23,24)25/h4-11,28H,12H2,1-3H3,(H,27,29). The number of carbonyl (C=O) groups is 1. The van der Waals surface area contributed by atoms with Gasteiger partial charge in [0.15, 0.2) is 0 Å². The number of benzene rings is 2. The number of carbonyl (C=O) groups excluding carboxylic acids is 1. The van der Waals surface area contributed by atoms with Crippen LogP contribution in [0.5, 0.6) is 5.75 Å². The van der Waals surface area contributed by atoms with Crippen LogP contribution in [0, 0.1) is 0 Å². The Labute approximate surface area is 171 Å². The van der Waals surface area contributed by atoms with Gasteiger partial charge in [0.1, 0.15) is 5.75 Å². The molecule has 0 atom stereocenters. The fraction of sp³-hybridized carbons (Fsp3) is 0.273. The molecule has 3 rings (SSSR count). The number of ether oxygens (including phenoxy) is 1. The molecule has 0 aliphatic heterocycles. The summed E-state index contributed by atoms with van der Waals surface area (Å²) in [7, 11) is 1.48. The Kier molecular flexibility index (Phi) is 5.72. The summed E-state index contributed by atoms with van der Waals surface area (Å²) in [5.74, 6) is 0.106. The first-order valence-corrected chi connectivity index (χ1v) is 9.14. The average molecular weight is 418 g/mol. The predicted molar refractivity (Wildman–Crippen MR) is 107 cm³/mol. The quantitative estimate of drug-likeness (QED) is 0.643. The number of fused-ring (bicyclic) bond motifs is 1. The predicted octanol–water partition coefficient (Wildman–Crippen LogP) is 4.43. The Morgan fingerprint density at radius 3 is 2.33 bits per heavy atom. The molecule has 0 fully saturated rings. The van der Waals surface area contributed by atoms with Gasteiger partial charge in [0.25, 0.3) is 5.91 Å². The van der Waals surface area contributed by atoms with Gasteiger partial charge in [-0.2, -0.15) is 13.2 Å². The Morgan fingerprint density at radius 2 is 1.77 bits per heavy atom. The molecule has 0 saturated carbocycles. The molecule has 3 aromatic rings. The Bertz CT molecular complexity index is 1080. The molecule has 0 spiro atoms. The number of nitrogens with one attached hydrogen (secondary N) is 1. The zero-order valence-electron chi connectivity index (χ0n) is 16.7. The molecule has 1 amide bonds. The maximum Gasteiger partial charge on any atom is 0.416 e. The van der Waals surface area contributed by atoms with E-state index in [-0.39, 0.29) is 12.5 Å². The van der Waals surface area contributed by atoms with E-state index in [4.69, 9.17) is 4.74 Å². The molecule has 5 nitrogen and oxygen atoms in total. The van der Waals surface area contributed by atoms with Crippen LogP contribution in [-0.2, 0) is 6.18 Å². The second-order valence-electron chi connectivity index (χ2n) is 7.51. The molecule has 0 unspecified atom stereocenters. The van der Waals surface area contributed by atoms with Crippen LogP contribution in [-0.4, -0.2) is 35.3 Å².